The van der Waals surface area contributed by atoms with E-state index in [0.717, 1.165) is 6.20 Å². The average molecular weight is 183 g/mol. The van der Waals surface area contributed by atoms with Gasteiger partial charge in [0.15, 0.2) is 0 Å². The van der Waals surface area contributed by atoms with E-state index in [0.29, 0.717) is 11.4 Å². The molecule has 0 atom stereocenters. The van der Waals surface area contributed by atoms with Crippen LogP contribution < -0.4 is 0 Å². The molecule has 0 aliphatic carbocycles. The molecule has 1 aromatic heterocycles. The summed E-state index contributed by atoms with van der Waals surface area (Å²) >= 11 is 0. The molecule has 0 saturated heterocycles. The van der Waals surface area contributed by atoms with Gasteiger partial charge in [-0.25, -0.2) is 9.55 Å². The maximum Gasteiger partial charge on any atom is 0.342 e. The molecule has 70 valence electrons. The first-order chi connectivity index (χ1) is 6.07. The van der Waals surface area contributed by atoms with Gasteiger partial charge in [0.05, 0.1) is 13.7 Å². The highest BCUT2D eigenvalue weighted by Gasteiger charge is 2.17. The fraction of sp³-hybridized carbons (Fsp3) is 0.286. The molecule has 1 N–H and O–H groups in total. The Bertz CT molecular complexity index is 356. The molecule has 0 aliphatic rings. The van der Waals surface area contributed by atoms with Crippen molar-refractivity contribution >= 4 is 11.4 Å². The minimum absolute atomic E-state index is 0.121. The van der Waals surface area contributed by atoms with Crippen molar-refractivity contribution in [3.63, 3.8) is 0 Å². The van der Waals surface area contributed by atoms with Crippen molar-refractivity contribution in [2.45, 2.75) is 0 Å². The molecule has 0 saturated carbocycles. The van der Waals surface area contributed by atoms with Crippen LogP contribution in [0, 0.1) is 10.1 Å². The Balaban J connectivity index is 3.13. The summed E-state index contributed by atoms with van der Waals surface area (Å²) < 4.78 is 1.28. The summed E-state index contributed by atoms with van der Waals surface area (Å²) in [7, 11) is 1.50. The molecule has 1 heterocycles. The van der Waals surface area contributed by atoms with E-state index in [1.165, 1.54) is 11.6 Å². The zero-order valence-electron chi connectivity index (χ0n) is 7.10. The second-order valence-electron chi connectivity index (χ2n) is 2.52. The van der Waals surface area contributed by atoms with Crippen LogP contribution in [0.25, 0.3) is 5.57 Å². The van der Waals surface area contributed by atoms with E-state index in [-0.39, 0.29) is 12.4 Å². The molecule has 0 bridgehead atoms. The van der Waals surface area contributed by atoms with E-state index in [2.05, 4.69) is 11.6 Å². The predicted octanol–water partition coefficient (Wildman–Crippen LogP) is 0.334. The first-order valence-corrected chi connectivity index (χ1v) is 3.53. The number of hydrogen-bond acceptors (Lipinski definition) is 4. The average Bonchev–Trinajstić information content (AvgIpc) is 2.46. The van der Waals surface area contributed by atoms with Gasteiger partial charge in [0.25, 0.3) is 0 Å². The maximum atomic E-state index is 10.4. The van der Waals surface area contributed by atoms with Crippen molar-refractivity contribution in [1.82, 2.24) is 9.55 Å². The molecule has 1 rings (SSSR count). The van der Waals surface area contributed by atoms with E-state index < -0.39 is 4.92 Å². The molecule has 0 aliphatic heterocycles. The van der Waals surface area contributed by atoms with Crippen molar-refractivity contribution < 1.29 is 10.0 Å². The van der Waals surface area contributed by atoms with Gasteiger partial charge in [-0.15, -0.1) is 0 Å². The summed E-state index contributed by atoms with van der Waals surface area (Å²) in [6, 6.07) is 0. The van der Waals surface area contributed by atoms with E-state index >= 15 is 0 Å². The molecule has 0 aromatic carbocycles. The Morgan fingerprint density at radius 3 is 2.92 bits per heavy atom. The molecule has 0 radical (unpaired) electrons. The van der Waals surface area contributed by atoms with Crippen LogP contribution in [-0.2, 0) is 7.05 Å². The molecular formula is C7H9N3O3. The third kappa shape index (κ3) is 1.57. The number of nitro groups is 1. The molecule has 0 unspecified atom stereocenters. The molecular weight excluding hydrogens is 174 g/mol. The summed E-state index contributed by atoms with van der Waals surface area (Å²) in [5.41, 5.74) is 0.357. The smallest absolute Gasteiger partial charge is 0.342 e. The second kappa shape index (κ2) is 3.36. The van der Waals surface area contributed by atoms with Crippen molar-refractivity contribution in [3.8, 4) is 0 Å². The Kier molecular flexibility index (Phi) is 2.43. The van der Waals surface area contributed by atoms with Crippen LogP contribution in [0.2, 0.25) is 0 Å². The highest BCUT2D eigenvalue weighted by atomic mass is 16.6. The Labute approximate surface area is 74.3 Å². The second-order valence-corrected chi connectivity index (χ2v) is 2.52. The molecule has 13 heavy (non-hydrogen) atoms. The molecule has 0 amide bonds. The van der Waals surface area contributed by atoms with Gasteiger partial charge in [0.1, 0.15) is 6.20 Å². The van der Waals surface area contributed by atoms with Crippen LogP contribution in [0.1, 0.15) is 5.82 Å². The number of nitrogens with zero attached hydrogens (tertiary/aromatic N) is 3. The fourth-order valence-corrected chi connectivity index (χ4v) is 0.969. The van der Waals surface area contributed by atoms with Gasteiger partial charge in [-0.05, 0) is 4.92 Å². The first kappa shape index (κ1) is 9.40. The monoisotopic (exact) mass is 183 g/mol. The lowest BCUT2D eigenvalue weighted by Crippen LogP contribution is -2.02. The van der Waals surface area contributed by atoms with E-state index in [1.54, 1.807) is 0 Å². The number of rotatable bonds is 3. The summed E-state index contributed by atoms with van der Waals surface area (Å²) in [5, 5.41) is 19.1. The summed E-state index contributed by atoms with van der Waals surface area (Å²) in [5.74, 6) is 0.207. The SMILES string of the molecule is C=C(CO)c1ncc([N+](=O)[O-])n1C. The number of aromatic nitrogens is 2. The van der Waals surface area contributed by atoms with Crippen LogP contribution in [0.15, 0.2) is 12.8 Å². The highest BCUT2D eigenvalue weighted by Crippen LogP contribution is 2.16. The van der Waals surface area contributed by atoms with Gasteiger partial charge in [-0.1, -0.05) is 6.58 Å². The lowest BCUT2D eigenvalue weighted by Gasteiger charge is -1.98. The van der Waals surface area contributed by atoms with Gasteiger partial charge in [0.2, 0.25) is 5.82 Å². The van der Waals surface area contributed by atoms with Crippen LogP contribution >= 0.6 is 0 Å². The Morgan fingerprint density at radius 2 is 2.54 bits per heavy atom. The molecule has 0 fully saturated rings. The maximum absolute atomic E-state index is 10.4. The quantitative estimate of drug-likeness (QED) is 0.541. The minimum Gasteiger partial charge on any atom is -0.391 e. The Morgan fingerprint density at radius 1 is 1.92 bits per heavy atom. The van der Waals surface area contributed by atoms with Crippen LogP contribution in [0.5, 0.6) is 0 Å². The zero-order valence-corrected chi connectivity index (χ0v) is 7.10. The van der Waals surface area contributed by atoms with Crippen molar-refractivity contribution in [2.75, 3.05) is 6.61 Å². The van der Waals surface area contributed by atoms with Gasteiger partial charge < -0.3 is 15.2 Å². The number of aliphatic hydroxyl groups is 1. The molecule has 6 heteroatoms. The van der Waals surface area contributed by atoms with E-state index in [1.807, 2.05) is 0 Å². The summed E-state index contributed by atoms with van der Waals surface area (Å²) in [6.07, 6.45) is 1.14. The topological polar surface area (TPSA) is 81.2 Å². The summed E-state index contributed by atoms with van der Waals surface area (Å²) in [6.45, 7) is 3.26. The predicted molar refractivity (Wildman–Crippen MR) is 46.0 cm³/mol. The number of hydrogen-bond donors (Lipinski definition) is 1. The lowest BCUT2D eigenvalue weighted by atomic mass is 10.3. The zero-order chi connectivity index (χ0) is 10.0. The lowest BCUT2D eigenvalue weighted by molar-refractivity contribution is -0.391. The van der Waals surface area contributed by atoms with Crippen molar-refractivity contribution in [3.05, 3.63) is 28.7 Å². The molecule has 0 spiro atoms. The Hall–Kier alpha value is -1.69. The molecule has 6 nitrogen and oxygen atoms in total. The van der Waals surface area contributed by atoms with Gasteiger partial charge in [-0.2, -0.15) is 0 Å². The van der Waals surface area contributed by atoms with E-state index in [9.17, 15) is 10.1 Å². The number of aliphatic hydroxyl groups excluding tert-OH is 1. The largest absolute Gasteiger partial charge is 0.391 e. The first-order valence-electron chi connectivity index (χ1n) is 3.53. The minimum atomic E-state index is -0.541. The number of imidazole rings is 1. The standard InChI is InChI=1S/C7H9N3O3/c1-5(4-11)7-8-3-6(9(7)2)10(12)13/h3,11H,1,4H2,2H3. The highest BCUT2D eigenvalue weighted by molar-refractivity contribution is 5.59. The van der Waals surface area contributed by atoms with Gasteiger partial charge >= 0.3 is 5.82 Å². The van der Waals surface area contributed by atoms with Crippen LogP contribution in [0.3, 0.4) is 0 Å². The van der Waals surface area contributed by atoms with Gasteiger partial charge in [-0.3, -0.25) is 0 Å². The van der Waals surface area contributed by atoms with Crippen molar-refractivity contribution in [1.29, 1.82) is 0 Å². The molecule has 1 aromatic rings. The van der Waals surface area contributed by atoms with Gasteiger partial charge in [0, 0.05) is 5.57 Å². The normalized spacial score (nSPS) is 10.0. The van der Waals surface area contributed by atoms with Crippen LogP contribution in [-0.4, -0.2) is 26.2 Å². The van der Waals surface area contributed by atoms with Crippen molar-refractivity contribution in [2.24, 2.45) is 7.05 Å². The van der Waals surface area contributed by atoms with Crippen LogP contribution in [0.4, 0.5) is 5.82 Å². The third-order valence-electron chi connectivity index (χ3n) is 1.66. The summed E-state index contributed by atoms with van der Waals surface area (Å²) in [4.78, 5) is 13.6. The fourth-order valence-electron chi connectivity index (χ4n) is 0.969. The van der Waals surface area contributed by atoms with E-state index in [4.69, 9.17) is 5.11 Å². The third-order valence-corrected chi connectivity index (χ3v) is 1.66.